The molecule has 164 valence electrons. The highest BCUT2D eigenvalue weighted by Gasteiger charge is 2.38. The molecule has 0 fully saturated rings. The lowest BCUT2D eigenvalue weighted by molar-refractivity contribution is 0.355. The minimum atomic E-state index is -0.697. The Morgan fingerprint density at radius 3 is 2.50 bits per heavy atom. The number of nitriles is 1. The number of rotatable bonds is 5. The molecule has 1 aromatic heterocycles. The van der Waals surface area contributed by atoms with Crippen LogP contribution in [-0.4, -0.2) is 31.5 Å². The minimum absolute atomic E-state index is 0.0616. The topological polar surface area (TPSA) is 115 Å². The van der Waals surface area contributed by atoms with Gasteiger partial charge in [0.15, 0.2) is 11.5 Å². The summed E-state index contributed by atoms with van der Waals surface area (Å²) in [5, 5.41) is 17.9. The van der Waals surface area contributed by atoms with E-state index in [-0.39, 0.29) is 17.3 Å². The Kier molecular flexibility index (Phi) is 5.78. The number of nitrogens with one attached hydrogen (secondary N) is 1. The van der Waals surface area contributed by atoms with Crippen LogP contribution in [0.15, 0.2) is 41.8 Å². The molecule has 1 aliphatic rings. The third-order valence-corrected chi connectivity index (χ3v) is 5.66. The van der Waals surface area contributed by atoms with E-state index >= 15 is 0 Å². The summed E-state index contributed by atoms with van der Waals surface area (Å²) >= 11 is 12.7. The van der Waals surface area contributed by atoms with Crippen LogP contribution in [0.2, 0.25) is 10.0 Å². The van der Waals surface area contributed by atoms with Crippen LogP contribution >= 0.6 is 23.2 Å². The molecular weight excluding hydrogens is 455 g/mol. The molecule has 0 spiro atoms. The predicted octanol–water partition coefficient (Wildman–Crippen LogP) is 4.63. The number of aromatic amines is 1. The van der Waals surface area contributed by atoms with Crippen molar-refractivity contribution in [3.63, 3.8) is 0 Å². The molecule has 3 aromatic rings. The highest BCUT2D eigenvalue weighted by Crippen LogP contribution is 2.50. The van der Waals surface area contributed by atoms with E-state index in [1.807, 2.05) is 6.07 Å². The van der Waals surface area contributed by atoms with Gasteiger partial charge in [0, 0.05) is 16.1 Å². The van der Waals surface area contributed by atoms with Gasteiger partial charge in [-0.25, -0.2) is 0 Å². The lowest BCUT2D eigenvalue weighted by atomic mass is 9.82. The number of fused-ring (bicyclic) bond motifs is 1. The van der Waals surface area contributed by atoms with Crippen molar-refractivity contribution in [3.8, 4) is 40.5 Å². The number of allylic oxidation sites excluding steroid dienone is 1. The molecule has 2 aromatic carbocycles. The smallest absolute Gasteiger partial charge is 0.244 e. The highest BCUT2D eigenvalue weighted by atomic mass is 35.5. The van der Waals surface area contributed by atoms with Crippen LogP contribution in [-0.2, 0) is 0 Å². The number of aromatic nitrogens is 2. The molecule has 2 heterocycles. The largest absolute Gasteiger partial charge is 0.495 e. The summed E-state index contributed by atoms with van der Waals surface area (Å²) in [7, 11) is 4.59. The standard InChI is InChI=1S/C22H18Cl2N4O4/c1-29-15-5-4-10(6-16(15)30-2)19-18-17(12-7-11(23)8-14(24)20(12)31-3)13(9-25)21(26)32-22(18)28-27-19/h4-8,17H,26H2,1-3H3,(H,27,28)/t17-/m1/s1. The van der Waals surface area contributed by atoms with E-state index in [1.54, 1.807) is 38.5 Å². The van der Waals surface area contributed by atoms with Crippen LogP contribution in [0.3, 0.4) is 0 Å². The fourth-order valence-corrected chi connectivity index (χ4v) is 4.36. The SMILES string of the molecule is COc1ccc(-c2[nH]nc3c2[C@H](c2cc(Cl)cc(Cl)c2OC)C(C#N)=C(N)O3)cc1OC. The second-order valence-corrected chi connectivity index (χ2v) is 7.67. The molecule has 0 amide bonds. The molecule has 0 aliphatic carbocycles. The third kappa shape index (κ3) is 3.45. The van der Waals surface area contributed by atoms with E-state index < -0.39 is 5.92 Å². The number of ether oxygens (including phenoxy) is 4. The molecule has 3 N–H and O–H groups in total. The summed E-state index contributed by atoms with van der Waals surface area (Å²) in [6.07, 6.45) is 0. The van der Waals surface area contributed by atoms with Gasteiger partial charge in [-0.05, 0) is 30.3 Å². The zero-order valence-corrected chi connectivity index (χ0v) is 18.8. The van der Waals surface area contributed by atoms with Crippen molar-refractivity contribution < 1.29 is 18.9 Å². The number of hydrogen-bond donors (Lipinski definition) is 2. The fourth-order valence-electron chi connectivity index (χ4n) is 3.78. The van der Waals surface area contributed by atoms with Gasteiger partial charge in [0.05, 0.1) is 43.5 Å². The summed E-state index contributed by atoms with van der Waals surface area (Å²) < 4.78 is 22.0. The number of nitrogens with zero attached hydrogens (tertiary/aromatic N) is 2. The van der Waals surface area contributed by atoms with E-state index in [0.717, 1.165) is 5.56 Å². The quantitative estimate of drug-likeness (QED) is 0.555. The van der Waals surface area contributed by atoms with E-state index in [4.69, 9.17) is 47.9 Å². The Labute approximate surface area is 194 Å². The maximum Gasteiger partial charge on any atom is 0.244 e. The number of nitrogens with two attached hydrogens (primary N) is 1. The van der Waals surface area contributed by atoms with Crippen molar-refractivity contribution in [2.45, 2.75) is 5.92 Å². The lowest BCUT2D eigenvalue weighted by Gasteiger charge is -2.26. The van der Waals surface area contributed by atoms with E-state index in [0.29, 0.717) is 44.1 Å². The first-order valence-electron chi connectivity index (χ1n) is 9.34. The van der Waals surface area contributed by atoms with Gasteiger partial charge in [0.25, 0.3) is 0 Å². The van der Waals surface area contributed by atoms with Crippen LogP contribution in [0.1, 0.15) is 17.0 Å². The molecule has 1 atom stereocenters. The summed E-state index contributed by atoms with van der Waals surface area (Å²) in [4.78, 5) is 0. The maximum atomic E-state index is 9.93. The number of hydrogen-bond acceptors (Lipinski definition) is 7. The van der Waals surface area contributed by atoms with Gasteiger partial charge in [-0.1, -0.05) is 23.2 Å². The Morgan fingerprint density at radius 2 is 1.84 bits per heavy atom. The monoisotopic (exact) mass is 472 g/mol. The molecule has 0 unspecified atom stereocenters. The molecular formula is C22H18Cl2N4O4. The molecule has 10 heteroatoms. The summed E-state index contributed by atoms with van der Waals surface area (Å²) in [6, 6.07) is 10.8. The average molecular weight is 473 g/mol. The van der Waals surface area contributed by atoms with E-state index in [1.165, 1.54) is 7.11 Å². The zero-order chi connectivity index (χ0) is 23.0. The average Bonchev–Trinajstić information content (AvgIpc) is 3.20. The van der Waals surface area contributed by atoms with E-state index in [9.17, 15) is 5.26 Å². The van der Waals surface area contributed by atoms with Crippen LogP contribution in [0.5, 0.6) is 23.1 Å². The van der Waals surface area contributed by atoms with Crippen molar-refractivity contribution in [3.05, 3.63) is 63.0 Å². The number of H-pyrrole nitrogens is 1. The second-order valence-electron chi connectivity index (χ2n) is 6.82. The Hall–Kier alpha value is -3.54. The van der Waals surface area contributed by atoms with E-state index in [2.05, 4.69) is 16.3 Å². The molecule has 0 saturated heterocycles. The normalized spacial score (nSPS) is 14.9. The molecule has 32 heavy (non-hydrogen) atoms. The van der Waals surface area contributed by atoms with Gasteiger partial charge in [-0.15, -0.1) is 5.10 Å². The number of methoxy groups -OCH3 is 3. The van der Waals surface area contributed by atoms with Crippen molar-refractivity contribution in [2.75, 3.05) is 21.3 Å². The number of halogens is 2. The highest BCUT2D eigenvalue weighted by molar-refractivity contribution is 6.35. The first-order chi connectivity index (χ1) is 15.4. The van der Waals surface area contributed by atoms with Gasteiger partial charge >= 0.3 is 0 Å². The zero-order valence-electron chi connectivity index (χ0n) is 17.3. The maximum absolute atomic E-state index is 9.93. The second kappa shape index (κ2) is 8.54. The van der Waals surface area contributed by atoms with Crippen molar-refractivity contribution in [2.24, 2.45) is 5.73 Å². The van der Waals surface area contributed by atoms with Gasteiger partial charge in [0.2, 0.25) is 11.8 Å². The first-order valence-corrected chi connectivity index (χ1v) is 10.1. The Bertz CT molecular complexity index is 1280. The van der Waals surface area contributed by atoms with Crippen LogP contribution in [0.25, 0.3) is 11.3 Å². The molecule has 1 aliphatic heterocycles. The first kappa shape index (κ1) is 21.7. The van der Waals surface area contributed by atoms with Gasteiger partial charge in [-0.2, -0.15) is 5.26 Å². The summed E-state index contributed by atoms with van der Waals surface area (Å²) in [5.41, 5.74) is 8.72. The van der Waals surface area contributed by atoms with Crippen LogP contribution < -0.4 is 24.7 Å². The van der Waals surface area contributed by atoms with Gasteiger partial charge in [0.1, 0.15) is 17.4 Å². The van der Waals surface area contributed by atoms with Crippen molar-refractivity contribution in [1.82, 2.24) is 10.2 Å². The lowest BCUT2D eigenvalue weighted by Crippen LogP contribution is -2.21. The van der Waals surface area contributed by atoms with Crippen molar-refractivity contribution in [1.29, 1.82) is 5.26 Å². The van der Waals surface area contributed by atoms with Crippen LogP contribution in [0, 0.1) is 11.3 Å². The molecule has 0 saturated carbocycles. The summed E-state index contributed by atoms with van der Waals surface area (Å²) in [6.45, 7) is 0. The van der Waals surface area contributed by atoms with Gasteiger partial charge < -0.3 is 24.7 Å². The Morgan fingerprint density at radius 1 is 1.09 bits per heavy atom. The van der Waals surface area contributed by atoms with Crippen molar-refractivity contribution >= 4 is 23.2 Å². The predicted molar refractivity (Wildman–Crippen MR) is 119 cm³/mol. The molecule has 0 bridgehead atoms. The minimum Gasteiger partial charge on any atom is -0.495 e. The van der Waals surface area contributed by atoms with Crippen LogP contribution in [0.4, 0.5) is 0 Å². The molecule has 4 rings (SSSR count). The fraction of sp³-hybridized carbons (Fsp3) is 0.182. The molecule has 8 nitrogen and oxygen atoms in total. The number of benzene rings is 2. The summed E-state index contributed by atoms with van der Waals surface area (Å²) in [5.74, 6) is 0.941. The molecule has 0 radical (unpaired) electrons. The Balaban J connectivity index is 2.00. The van der Waals surface area contributed by atoms with Gasteiger partial charge in [-0.3, -0.25) is 5.10 Å². The third-order valence-electron chi connectivity index (χ3n) is 5.16.